The third kappa shape index (κ3) is 2.96. The Hall–Kier alpha value is -2.34. The summed E-state index contributed by atoms with van der Waals surface area (Å²) in [6, 6.07) is 9.36. The van der Waals surface area contributed by atoms with E-state index in [-0.39, 0.29) is 11.9 Å². The lowest BCUT2D eigenvalue weighted by Gasteiger charge is -2.35. The van der Waals surface area contributed by atoms with Crippen molar-refractivity contribution < 1.29 is 14.3 Å². The summed E-state index contributed by atoms with van der Waals surface area (Å²) in [5.74, 6) is 0.801. The molecule has 0 radical (unpaired) electrons. The fourth-order valence-corrected chi connectivity index (χ4v) is 2.73. The van der Waals surface area contributed by atoms with Gasteiger partial charge in [0, 0.05) is 18.3 Å². The molecule has 116 valence electrons. The molecule has 0 unspecified atom stereocenters. The molecule has 1 atom stereocenters. The average Bonchev–Trinajstić information content (AvgIpc) is 3.09. The summed E-state index contributed by atoms with van der Waals surface area (Å²) in [6.07, 6.45) is 2.00. The molecule has 1 amide bonds. The van der Waals surface area contributed by atoms with Crippen LogP contribution in [0.5, 0.6) is 5.75 Å². The van der Waals surface area contributed by atoms with E-state index < -0.39 is 0 Å². The van der Waals surface area contributed by atoms with Crippen LogP contribution in [-0.4, -0.2) is 47.9 Å². The number of hydrogen-bond donors (Lipinski definition) is 1. The van der Waals surface area contributed by atoms with Gasteiger partial charge in [0.25, 0.3) is 0 Å². The number of carbonyl (C=O) groups excluding carboxylic acids is 1. The zero-order valence-corrected chi connectivity index (χ0v) is 12.5. The Labute approximate surface area is 129 Å². The number of ether oxygens (including phenoxy) is 2. The maximum absolute atomic E-state index is 12.7. The first-order valence-corrected chi connectivity index (χ1v) is 7.28. The summed E-state index contributed by atoms with van der Waals surface area (Å²) in [6.45, 7) is 1.62. The van der Waals surface area contributed by atoms with Gasteiger partial charge in [0.2, 0.25) is 5.91 Å². The van der Waals surface area contributed by atoms with E-state index in [1.54, 1.807) is 13.3 Å². The second-order valence-corrected chi connectivity index (χ2v) is 5.18. The van der Waals surface area contributed by atoms with E-state index in [4.69, 9.17) is 9.47 Å². The van der Waals surface area contributed by atoms with Crippen LogP contribution in [0.2, 0.25) is 0 Å². The summed E-state index contributed by atoms with van der Waals surface area (Å²) in [5, 5.41) is 6.89. The Morgan fingerprint density at radius 3 is 3.09 bits per heavy atom. The van der Waals surface area contributed by atoms with Crippen LogP contribution in [0.25, 0.3) is 0 Å². The fraction of sp³-hybridized carbons (Fsp3) is 0.375. The van der Waals surface area contributed by atoms with E-state index in [0.29, 0.717) is 26.2 Å². The second-order valence-electron chi connectivity index (χ2n) is 5.18. The molecule has 1 aromatic heterocycles. The van der Waals surface area contributed by atoms with E-state index in [0.717, 1.165) is 17.0 Å². The van der Waals surface area contributed by atoms with Gasteiger partial charge in [-0.2, -0.15) is 5.10 Å². The molecule has 1 aliphatic rings. The monoisotopic (exact) mass is 301 g/mol. The van der Waals surface area contributed by atoms with Gasteiger partial charge in [-0.1, -0.05) is 18.2 Å². The van der Waals surface area contributed by atoms with Gasteiger partial charge in [0.1, 0.15) is 5.75 Å². The van der Waals surface area contributed by atoms with Gasteiger partial charge < -0.3 is 14.4 Å². The molecule has 3 rings (SSSR count). The van der Waals surface area contributed by atoms with Gasteiger partial charge in [-0.25, -0.2) is 0 Å². The van der Waals surface area contributed by atoms with E-state index in [2.05, 4.69) is 10.2 Å². The number of aromatic nitrogens is 2. The summed E-state index contributed by atoms with van der Waals surface area (Å²) in [4.78, 5) is 14.6. The molecule has 1 N–H and O–H groups in total. The van der Waals surface area contributed by atoms with E-state index in [1.807, 2.05) is 35.2 Å². The maximum atomic E-state index is 12.7. The quantitative estimate of drug-likeness (QED) is 0.930. The van der Waals surface area contributed by atoms with E-state index in [9.17, 15) is 4.79 Å². The SMILES string of the molecule is COc1ccccc1CC(=O)N1CCOC[C@@H]1c1ccn[nH]1. The topological polar surface area (TPSA) is 67.4 Å². The number of para-hydroxylation sites is 1. The van der Waals surface area contributed by atoms with Crippen LogP contribution in [0.1, 0.15) is 17.3 Å². The van der Waals surface area contributed by atoms with Crippen molar-refractivity contribution >= 4 is 5.91 Å². The molecule has 1 saturated heterocycles. The highest BCUT2D eigenvalue weighted by molar-refractivity contribution is 5.80. The molecule has 0 bridgehead atoms. The fourth-order valence-electron chi connectivity index (χ4n) is 2.73. The number of hydrogen-bond acceptors (Lipinski definition) is 4. The van der Waals surface area contributed by atoms with Crippen molar-refractivity contribution in [3.63, 3.8) is 0 Å². The predicted molar refractivity (Wildman–Crippen MR) is 80.6 cm³/mol. The van der Waals surface area contributed by atoms with Crippen LogP contribution in [0, 0.1) is 0 Å². The van der Waals surface area contributed by atoms with Crippen molar-refractivity contribution in [1.29, 1.82) is 0 Å². The molecule has 6 heteroatoms. The maximum Gasteiger partial charge on any atom is 0.227 e. The van der Waals surface area contributed by atoms with Gasteiger partial charge in [-0.15, -0.1) is 0 Å². The summed E-state index contributed by atoms with van der Waals surface area (Å²) in [7, 11) is 1.62. The number of nitrogens with one attached hydrogen (secondary N) is 1. The number of benzene rings is 1. The van der Waals surface area contributed by atoms with Crippen molar-refractivity contribution in [3.8, 4) is 5.75 Å². The predicted octanol–water partition coefficient (Wildman–Crippen LogP) is 1.56. The average molecular weight is 301 g/mol. The van der Waals surface area contributed by atoms with Gasteiger partial charge in [-0.3, -0.25) is 9.89 Å². The Morgan fingerprint density at radius 1 is 1.45 bits per heavy atom. The smallest absolute Gasteiger partial charge is 0.227 e. The van der Waals surface area contributed by atoms with E-state index >= 15 is 0 Å². The number of H-pyrrole nitrogens is 1. The minimum atomic E-state index is -0.113. The number of nitrogens with zero attached hydrogens (tertiary/aromatic N) is 2. The minimum Gasteiger partial charge on any atom is -0.496 e. The number of aromatic amines is 1. The number of amides is 1. The highest BCUT2D eigenvalue weighted by Crippen LogP contribution is 2.25. The highest BCUT2D eigenvalue weighted by atomic mass is 16.5. The van der Waals surface area contributed by atoms with Crippen LogP contribution in [-0.2, 0) is 16.0 Å². The molecule has 0 spiro atoms. The van der Waals surface area contributed by atoms with Crippen LogP contribution >= 0.6 is 0 Å². The lowest BCUT2D eigenvalue weighted by Crippen LogP contribution is -2.44. The molecule has 0 saturated carbocycles. The summed E-state index contributed by atoms with van der Waals surface area (Å²) < 4.78 is 10.8. The molecule has 0 aliphatic carbocycles. The standard InChI is InChI=1S/C16H19N3O3/c1-21-15-5-3-2-4-12(15)10-16(20)19-8-9-22-11-14(19)13-6-7-17-18-13/h2-7,14H,8-11H2,1H3,(H,17,18)/t14-/m1/s1. The van der Waals surface area contributed by atoms with Crippen molar-refractivity contribution in [2.75, 3.05) is 26.9 Å². The second kappa shape index (κ2) is 6.62. The Kier molecular flexibility index (Phi) is 4.39. The molecule has 2 heterocycles. The number of morpholine rings is 1. The van der Waals surface area contributed by atoms with Crippen molar-refractivity contribution in [3.05, 3.63) is 47.8 Å². The lowest BCUT2D eigenvalue weighted by atomic mass is 10.1. The van der Waals surface area contributed by atoms with Gasteiger partial charge in [0.05, 0.1) is 38.5 Å². The Bertz CT molecular complexity index is 627. The molecule has 22 heavy (non-hydrogen) atoms. The highest BCUT2D eigenvalue weighted by Gasteiger charge is 2.29. The number of rotatable bonds is 4. The van der Waals surface area contributed by atoms with Gasteiger partial charge >= 0.3 is 0 Å². The summed E-state index contributed by atoms with van der Waals surface area (Å²) in [5.41, 5.74) is 1.79. The first kappa shape index (κ1) is 14.6. The van der Waals surface area contributed by atoms with Crippen LogP contribution in [0.3, 0.4) is 0 Å². The first-order valence-electron chi connectivity index (χ1n) is 7.28. The van der Waals surface area contributed by atoms with Crippen molar-refractivity contribution in [1.82, 2.24) is 15.1 Å². The zero-order valence-electron chi connectivity index (χ0n) is 12.5. The molecule has 1 aromatic carbocycles. The molecule has 2 aromatic rings. The third-order valence-corrected chi connectivity index (χ3v) is 3.86. The number of methoxy groups -OCH3 is 1. The molecule has 6 nitrogen and oxygen atoms in total. The number of carbonyl (C=O) groups is 1. The minimum absolute atomic E-state index is 0.0624. The van der Waals surface area contributed by atoms with Crippen molar-refractivity contribution in [2.24, 2.45) is 0 Å². The summed E-state index contributed by atoms with van der Waals surface area (Å²) >= 11 is 0. The Morgan fingerprint density at radius 2 is 2.32 bits per heavy atom. The van der Waals surface area contributed by atoms with E-state index in [1.165, 1.54) is 0 Å². The van der Waals surface area contributed by atoms with Crippen LogP contribution in [0.15, 0.2) is 36.5 Å². The van der Waals surface area contributed by atoms with Crippen LogP contribution < -0.4 is 4.74 Å². The van der Waals surface area contributed by atoms with Crippen molar-refractivity contribution in [2.45, 2.75) is 12.5 Å². The molecular weight excluding hydrogens is 282 g/mol. The molecular formula is C16H19N3O3. The van der Waals surface area contributed by atoms with Gasteiger partial charge in [-0.05, 0) is 12.1 Å². The molecule has 1 fully saturated rings. The zero-order chi connectivity index (χ0) is 15.4. The van der Waals surface area contributed by atoms with Gasteiger partial charge in [0.15, 0.2) is 0 Å². The molecule has 1 aliphatic heterocycles. The lowest BCUT2D eigenvalue weighted by molar-refractivity contribution is -0.139. The normalized spacial score (nSPS) is 18.2. The Balaban J connectivity index is 1.77. The van der Waals surface area contributed by atoms with Crippen LogP contribution in [0.4, 0.5) is 0 Å². The first-order chi connectivity index (χ1) is 10.8. The largest absolute Gasteiger partial charge is 0.496 e. The third-order valence-electron chi connectivity index (χ3n) is 3.86.